The number of carbonyl (C=O) groups is 1. The summed E-state index contributed by atoms with van der Waals surface area (Å²) in [5.41, 5.74) is 7.87. The number of benzene rings is 2. The fraction of sp³-hybridized carbons (Fsp3) is 0.0714. The summed E-state index contributed by atoms with van der Waals surface area (Å²) < 4.78 is 14.0. The van der Waals surface area contributed by atoms with Crippen molar-refractivity contribution in [2.24, 2.45) is 0 Å². The van der Waals surface area contributed by atoms with Crippen LogP contribution in [-0.4, -0.2) is 13.0 Å². The zero-order valence-electron chi connectivity index (χ0n) is 10.7. The summed E-state index contributed by atoms with van der Waals surface area (Å²) in [4.78, 5) is 11.6. The molecule has 20 heavy (non-hydrogen) atoms. The van der Waals surface area contributed by atoms with Crippen molar-refractivity contribution >= 4 is 38.9 Å². The van der Waals surface area contributed by atoms with Crippen molar-refractivity contribution in [2.45, 2.75) is 0 Å². The van der Waals surface area contributed by atoms with E-state index in [2.05, 4.69) is 26.6 Å². The highest BCUT2D eigenvalue weighted by Crippen LogP contribution is 2.30. The van der Waals surface area contributed by atoms with Gasteiger partial charge in [0.15, 0.2) is 0 Å². The van der Waals surface area contributed by atoms with E-state index in [1.165, 1.54) is 12.1 Å². The average molecular weight is 338 g/mol. The van der Waals surface area contributed by atoms with E-state index >= 15 is 0 Å². The third-order valence-electron chi connectivity index (χ3n) is 2.74. The Morgan fingerprint density at radius 1 is 1.20 bits per heavy atom. The molecule has 0 unspecified atom stereocenters. The number of anilines is 3. The summed E-state index contributed by atoms with van der Waals surface area (Å²) in [7, 11) is 1.55. The first-order chi connectivity index (χ1) is 9.51. The lowest BCUT2D eigenvalue weighted by atomic mass is 10.1. The van der Waals surface area contributed by atoms with Crippen LogP contribution in [0, 0.1) is 5.82 Å². The monoisotopic (exact) mass is 337 g/mol. The topological polar surface area (TPSA) is 67.2 Å². The lowest BCUT2D eigenvalue weighted by Gasteiger charge is -2.12. The smallest absolute Gasteiger partial charge is 0.251 e. The highest BCUT2D eigenvalue weighted by atomic mass is 79.9. The second-order valence-electron chi connectivity index (χ2n) is 4.13. The van der Waals surface area contributed by atoms with Gasteiger partial charge in [-0.15, -0.1) is 0 Å². The minimum Gasteiger partial charge on any atom is -0.397 e. The number of nitrogen functional groups attached to an aromatic ring is 1. The van der Waals surface area contributed by atoms with Gasteiger partial charge < -0.3 is 16.4 Å². The number of nitrogens with two attached hydrogens (primary N) is 1. The van der Waals surface area contributed by atoms with Crippen LogP contribution in [0.15, 0.2) is 40.9 Å². The summed E-state index contributed by atoms with van der Waals surface area (Å²) in [6, 6.07) is 9.15. The van der Waals surface area contributed by atoms with Gasteiger partial charge in [0.1, 0.15) is 5.82 Å². The largest absolute Gasteiger partial charge is 0.397 e. The first-order valence-electron chi connectivity index (χ1n) is 5.85. The molecule has 0 saturated carbocycles. The van der Waals surface area contributed by atoms with Crippen LogP contribution in [-0.2, 0) is 0 Å². The van der Waals surface area contributed by atoms with E-state index in [1.54, 1.807) is 31.3 Å². The van der Waals surface area contributed by atoms with Crippen LogP contribution in [0.2, 0.25) is 0 Å². The molecule has 4 N–H and O–H groups in total. The van der Waals surface area contributed by atoms with Gasteiger partial charge in [-0.25, -0.2) is 4.39 Å². The molecule has 0 heterocycles. The molecule has 0 radical (unpaired) electrons. The normalized spacial score (nSPS) is 10.2. The van der Waals surface area contributed by atoms with Gasteiger partial charge in [-0.05, 0) is 52.3 Å². The second-order valence-corrected chi connectivity index (χ2v) is 4.98. The molecule has 104 valence electrons. The molecule has 0 aromatic heterocycles. The average Bonchev–Trinajstić information content (AvgIpc) is 2.44. The van der Waals surface area contributed by atoms with E-state index in [-0.39, 0.29) is 11.7 Å². The molecular weight excluding hydrogens is 325 g/mol. The third-order valence-corrected chi connectivity index (χ3v) is 3.43. The highest BCUT2D eigenvalue weighted by Gasteiger charge is 2.09. The van der Waals surface area contributed by atoms with Gasteiger partial charge in [-0.2, -0.15) is 0 Å². The van der Waals surface area contributed by atoms with Crippen molar-refractivity contribution in [1.29, 1.82) is 0 Å². The van der Waals surface area contributed by atoms with Crippen molar-refractivity contribution < 1.29 is 9.18 Å². The van der Waals surface area contributed by atoms with Gasteiger partial charge in [0.05, 0.1) is 17.1 Å². The molecule has 0 saturated heterocycles. The van der Waals surface area contributed by atoms with E-state index in [0.29, 0.717) is 27.1 Å². The maximum atomic E-state index is 13.3. The molecule has 0 atom stereocenters. The number of nitrogens with one attached hydrogen (secondary N) is 2. The Morgan fingerprint density at radius 3 is 2.65 bits per heavy atom. The number of amides is 1. The first-order valence-corrected chi connectivity index (χ1v) is 6.64. The maximum absolute atomic E-state index is 13.3. The molecule has 2 aromatic rings. The predicted octanol–water partition coefficient (Wildman–Crippen LogP) is 3.27. The number of halogens is 2. The molecule has 6 heteroatoms. The van der Waals surface area contributed by atoms with Crippen molar-refractivity contribution in [3.63, 3.8) is 0 Å². The Kier molecular flexibility index (Phi) is 4.24. The third kappa shape index (κ3) is 3.08. The van der Waals surface area contributed by atoms with E-state index < -0.39 is 0 Å². The van der Waals surface area contributed by atoms with Gasteiger partial charge in [-0.3, -0.25) is 4.79 Å². The summed E-state index contributed by atoms with van der Waals surface area (Å²) in [5.74, 6) is -0.580. The zero-order valence-corrected chi connectivity index (χ0v) is 12.3. The fourth-order valence-electron chi connectivity index (χ4n) is 1.69. The molecule has 1 amide bonds. The number of rotatable bonds is 3. The second kappa shape index (κ2) is 5.92. The molecule has 4 nitrogen and oxygen atoms in total. The van der Waals surface area contributed by atoms with Crippen molar-refractivity contribution in [3.05, 3.63) is 52.3 Å². The Morgan fingerprint density at radius 2 is 1.95 bits per heavy atom. The van der Waals surface area contributed by atoms with Gasteiger partial charge in [-0.1, -0.05) is 0 Å². The van der Waals surface area contributed by atoms with Crippen LogP contribution in [0.4, 0.5) is 21.5 Å². The minimum absolute atomic E-state index is 0.216. The van der Waals surface area contributed by atoms with Crippen LogP contribution in [0.5, 0.6) is 0 Å². The Bertz CT molecular complexity index is 661. The Hall–Kier alpha value is -2.08. The summed E-state index contributed by atoms with van der Waals surface area (Å²) in [6.07, 6.45) is 0. The first kappa shape index (κ1) is 14.3. The van der Waals surface area contributed by atoms with Crippen LogP contribution in [0.25, 0.3) is 0 Å². The quantitative estimate of drug-likeness (QED) is 0.753. The van der Waals surface area contributed by atoms with Crippen LogP contribution >= 0.6 is 15.9 Å². The SMILES string of the molecule is CNC(=O)c1ccc(N)c(Nc2cc(F)ccc2Br)c1. The number of hydrogen-bond acceptors (Lipinski definition) is 3. The van der Waals surface area contributed by atoms with E-state index in [0.717, 1.165) is 0 Å². The van der Waals surface area contributed by atoms with Gasteiger partial charge in [0.25, 0.3) is 5.91 Å². The van der Waals surface area contributed by atoms with Gasteiger partial charge >= 0.3 is 0 Å². The van der Waals surface area contributed by atoms with Crippen LogP contribution < -0.4 is 16.4 Å². The molecule has 2 rings (SSSR count). The van der Waals surface area contributed by atoms with Crippen LogP contribution in [0.1, 0.15) is 10.4 Å². The molecular formula is C14H13BrFN3O. The lowest BCUT2D eigenvalue weighted by Crippen LogP contribution is -2.18. The van der Waals surface area contributed by atoms with E-state index in [9.17, 15) is 9.18 Å². The van der Waals surface area contributed by atoms with Crippen molar-refractivity contribution in [3.8, 4) is 0 Å². The lowest BCUT2D eigenvalue weighted by molar-refractivity contribution is 0.0963. The van der Waals surface area contributed by atoms with Crippen molar-refractivity contribution in [2.75, 3.05) is 18.1 Å². The van der Waals surface area contributed by atoms with Crippen LogP contribution in [0.3, 0.4) is 0 Å². The van der Waals surface area contributed by atoms with E-state index in [4.69, 9.17) is 5.73 Å². The minimum atomic E-state index is -0.364. The number of carbonyl (C=O) groups excluding carboxylic acids is 1. The highest BCUT2D eigenvalue weighted by molar-refractivity contribution is 9.10. The molecule has 0 bridgehead atoms. The maximum Gasteiger partial charge on any atom is 0.251 e. The van der Waals surface area contributed by atoms with Gasteiger partial charge in [0.2, 0.25) is 0 Å². The Labute approximate surface area is 124 Å². The number of hydrogen-bond donors (Lipinski definition) is 3. The summed E-state index contributed by atoms with van der Waals surface area (Å²) >= 11 is 3.32. The summed E-state index contributed by atoms with van der Waals surface area (Å²) in [5, 5.41) is 5.54. The standard InChI is InChI=1S/C14H13BrFN3O/c1-18-14(20)8-2-5-11(17)13(6-8)19-12-7-9(16)3-4-10(12)15/h2-7,19H,17H2,1H3,(H,18,20). The van der Waals surface area contributed by atoms with Crippen molar-refractivity contribution in [1.82, 2.24) is 5.32 Å². The summed E-state index contributed by atoms with van der Waals surface area (Å²) in [6.45, 7) is 0. The molecule has 0 aliphatic carbocycles. The Balaban J connectivity index is 2.37. The molecule has 0 fully saturated rings. The molecule has 2 aromatic carbocycles. The molecule has 0 spiro atoms. The zero-order chi connectivity index (χ0) is 14.7. The van der Waals surface area contributed by atoms with E-state index in [1.807, 2.05) is 0 Å². The molecule has 0 aliphatic heterocycles. The fourth-order valence-corrected chi connectivity index (χ4v) is 2.03. The molecule has 0 aliphatic rings. The predicted molar refractivity (Wildman–Crippen MR) is 81.6 cm³/mol. The van der Waals surface area contributed by atoms with Gasteiger partial charge in [0, 0.05) is 17.1 Å².